The van der Waals surface area contributed by atoms with Crippen molar-refractivity contribution >= 4 is 22.5 Å². The zero-order valence-corrected chi connectivity index (χ0v) is 13.8. The highest BCUT2D eigenvalue weighted by atomic mass is 19.1. The molecule has 0 fully saturated rings. The Balaban J connectivity index is 1.95. The van der Waals surface area contributed by atoms with Crippen LogP contribution in [0.25, 0.3) is 10.9 Å². The number of hydrogen-bond acceptors (Lipinski definition) is 2. The lowest BCUT2D eigenvalue weighted by atomic mass is 9.83. The summed E-state index contributed by atoms with van der Waals surface area (Å²) in [6.07, 6.45) is 1.76. The number of aromatic amines is 1. The molecule has 1 aromatic heterocycles. The van der Waals surface area contributed by atoms with Gasteiger partial charge in [0.05, 0.1) is 18.2 Å². The van der Waals surface area contributed by atoms with Crippen molar-refractivity contribution in [3.05, 3.63) is 60.0 Å². The first kappa shape index (κ1) is 16.1. The molecule has 1 amide bonds. The number of fused-ring (bicyclic) bond motifs is 1. The first-order chi connectivity index (χ1) is 11.4. The summed E-state index contributed by atoms with van der Waals surface area (Å²) < 4.78 is 18.6. The summed E-state index contributed by atoms with van der Waals surface area (Å²) in [7, 11) is 1.56. The van der Waals surface area contributed by atoms with Crippen molar-refractivity contribution in [3.63, 3.8) is 0 Å². The highest BCUT2D eigenvalue weighted by Crippen LogP contribution is 2.33. The molecule has 0 aliphatic rings. The summed E-state index contributed by atoms with van der Waals surface area (Å²) in [6, 6.07) is 11.8. The Morgan fingerprint density at radius 2 is 1.96 bits per heavy atom. The van der Waals surface area contributed by atoms with E-state index in [1.54, 1.807) is 31.5 Å². The van der Waals surface area contributed by atoms with Gasteiger partial charge in [0.1, 0.15) is 11.6 Å². The van der Waals surface area contributed by atoms with E-state index in [0.717, 1.165) is 10.9 Å². The summed E-state index contributed by atoms with van der Waals surface area (Å²) in [4.78, 5) is 15.9. The molecule has 0 atom stereocenters. The Kier molecular flexibility index (Phi) is 4.01. The molecule has 0 bridgehead atoms. The third kappa shape index (κ3) is 2.73. The van der Waals surface area contributed by atoms with Gasteiger partial charge in [0.15, 0.2) is 0 Å². The molecule has 0 radical (unpaired) electrons. The number of halogens is 1. The van der Waals surface area contributed by atoms with Crippen LogP contribution in [0.4, 0.5) is 10.1 Å². The summed E-state index contributed by atoms with van der Waals surface area (Å²) in [6.45, 7) is 3.67. The second-order valence-electron chi connectivity index (χ2n) is 6.17. The monoisotopic (exact) mass is 326 g/mol. The molecule has 3 rings (SSSR count). The molecule has 24 heavy (non-hydrogen) atoms. The van der Waals surface area contributed by atoms with Crippen molar-refractivity contribution in [3.8, 4) is 5.75 Å². The molecule has 124 valence electrons. The minimum atomic E-state index is -0.809. The van der Waals surface area contributed by atoms with Crippen LogP contribution in [0.2, 0.25) is 0 Å². The van der Waals surface area contributed by atoms with E-state index in [1.165, 1.54) is 12.1 Å². The van der Waals surface area contributed by atoms with E-state index in [0.29, 0.717) is 17.0 Å². The molecule has 0 saturated heterocycles. The largest absolute Gasteiger partial charge is 0.495 e. The van der Waals surface area contributed by atoms with Gasteiger partial charge in [-0.15, -0.1) is 0 Å². The molecule has 0 aliphatic carbocycles. The summed E-state index contributed by atoms with van der Waals surface area (Å²) in [5, 5.41) is 3.74. The number of carbonyl (C=O) groups is 1. The van der Waals surface area contributed by atoms with Crippen molar-refractivity contribution in [1.29, 1.82) is 0 Å². The van der Waals surface area contributed by atoms with Crippen molar-refractivity contribution in [2.75, 3.05) is 12.4 Å². The van der Waals surface area contributed by atoms with E-state index < -0.39 is 5.41 Å². The first-order valence-corrected chi connectivity index (χ1v) is 7.65. The van der Waals surface area contributed by atoms with Gasteiger partial charge in [0, 0.05) is 17.1 Å². The first-order valence-electron chi connectivity index (χ1n) is 7.65. The van der Waals surface area contributed by atoms with Crippen LogP contribution in [0.5, 0.6) is 5.75 Å². The minimum Gasteiger partial charge on any atom is -0.495 e. The number of para-hydroxylation sites is 2. The number of ether oxygens (including phenoxy) is 1. The predicted molar refractivity (Wildman–Crippen MR) is 92.9 cm³/mol. The highest BCUT2D eigenvalue weighted by molar-refractivity contribution is 6.02. The molecule has 2 aromatic carbocycles. The Labute approximate surface area is 139 Å². The number of amides is 1. The van der Waals surface area contributed by atoms with Crippen LogP contribution in [0.15, 0.2) is 48.7 Å². The van der Waals surface area contributed by atoms with Gasteiger partial charge in [-0.3, -0.25) is 4.79 Å². The lowest BCUT2D eigenvalue weighted by molar-refractivity contribution is -0.120. The van der Waals surface area contributed by atoms with E-state index >= 15 is 0 Å². The fraction of sp³-hybridized carbons (Fsp3) is 0.211. The second-order valence-corrected chi connectivity index (χ2v) is 6.17. The Morgan fingerprint density at radius 3 is 2.71 bits per heavy atom. The maximum atomic E-state index is 13.4. The van der Waals surface area contributed by atoms with E-state index in [1.807, 2.05) is 26.0 Å². The average Bonchev–Trinajstić information content (AvgIpc) is 2.98. The zero-order chi connectivity index (χ0) is 17.3. The fourth-order valence-corrected chi connectivity index (χ4v) is 2.76. The average molecular weight is 326 g/mol. The Bertz CT molecular complexity index is 899. The summed E-state index contributed by atoms with van der Waals surface area (Å²) in [5.41, 5.74) is 1.29. The standard InChI is InChI=1S/C19H19FN2O2/c1-19(2,14-11-21-16-10-12(20)8-9-13(14)16)18(23)22-15-6-4-5-7-17(15)24-3/h4-11,21H,1-3H3,(H,22,23). The maximum absolute atomic E-state index is 13.4. The lowest BCUT2D eigenvalue weighted by Gasteiger charge is -2.24. The van der Waals surface area contributed by atoms with Crippen LogP contribution in [0.1, 0.15) is 19.4 Å². The highest BCUT2D eigenvalue weighted by Gasteiger charge is 2.32. The van der Waals surface area contributed by atoms with Gasteiger partial charge in [-0.05, 0) is 49.7 Å². The summed E-state index contributed by atoms with van der Waals surface area (Å²) in [5.74, 6) is 0.118. The molecule has 4 nitrogen and oxygen atoms in total. The van der Waals surface area contributed by atoms with Crippen molar-refractivity contribution < 1.29 is 13.9 Å². The van der Waals surface area contributed by atoms with Gasteiger partial charge in [-0.1, -0.05) is 12.1 Å². The third-order valence-electron chi connectivity index (χ3n) is 4.24. The predicted octanol–water partition coefficient (Wildman–Crippen LogP) is 4.23. The molecule has 3 aromatic rings. The molecule has 2 N–H and O–H groups in total. The number of aromatic nitrogens is 1. The van der Waals surface area contributed by atoms with E-state index in [-0.39, 0.29) is 11.7 Å². The Morgan fingerprint density at radius 1 is 1.21 bits per heavy atom. The van der Waals surface area contributed by atoms with Crippen LogP contribution in [0, 0.1) is 5.82 Å². The number of benzene rings is 2. The van der Waals surface area contributed by atoms with Crippen LogP contribution >= 0.6 is 0 Å². The number of methoxy groups -OCH3 is 1. The van der Waals surface area contributed by atoms with Crippen molar-refractivity contribution in [1.82, 2.24) is 4.98 Å². The van der Waals surface area contributed by atoms with Gasteiger partial charge in [-0.25, -0.2) is 4.39 Å². The van der Waals surface area contributed by atoms with Crippen LogP contribution in [0.3, 0.4) is 0 Å². The third-order valence-corrected chi connectivity index (χ3v) is 4.24. The smallest absolute Gasteiger partial charge is 0.234 e. The molecular formula is C19H19FN2O2. The minimum absolute atomic E-state index is 0.169. The van der Waals surface area contributed by atoms with Crippen LogP contribution in [-0.4, -0.2) is 18.0 Å². The second kappa shape index (κ2) is 6.00. The van der Waals surface area contributed by atoms with Gasteiger partial charge >= 0.3 is 0 Å². The molecule has 0 spiro atoms. The number of rotatable bonds is 4. The van der Waals surface area contributed by atoms with Gasteiger partial charge in [0.2, 0.25) is 5.91 Å². The number of nitrogens with one attached hydrogen (secondary N) is 2. The van der Waals surface area contributed by atoms with Crippen molar-refractivity contribution in [2.45, 2.75) is 19.3 Å². The van der Waals surface area contributed by atoms with Crippen LogP contribution in [-0.2, 0) is 10.2 Å². The number of hydrogen-bond donors (Lipinski definition) is 2. The number of anilines is 1. The van der Waals surface area contributed by atoms with E-state index in [9.17, 15) is 9.18 Å². The van der Waals surface area contributed by atoms with E-state index in [4.69, 9.17) is 4.74 Å². The van der Waals surface area contributed by atoms with Gasteiger partial charge in [-0.2, -0.15) is 0 Å². The van der Waals surface area contributed by atoms with Gasteiger partial charge in [0.25, 0.3) is 0 Å². The molecular weight excluding hydrogens is 307 g/mol. The topological polar surface area (TPSA) is 54.1 Å². The van der Waals surface area contributed by atoms with Crippen LogP contribution < -0.4 is 10.1 Å². The normalized spacial score (nSPS) is 11.5. The SMILES string of the molecule is COc1ccccc1NC(=O)C(C)(C)c1c[nH]c2cc(F)ccc12. The van der Waals surface area contributed by atoms with Crippen molar-refractivity contribution in [2.24, 2.45) is 0 Å². The molecule has 0 aliphatic heterocycles. The lowest BCUT2D eigenvalue weighted by Crippen LogP contribution is -2.34. The van der Waals surface area contributed by atoms with Gasteiger partial charge < -0.3 is 15.0 Å². The quantitative estimate of drug-likeness (QED) is 0.754. The fourth-order valence-electron chi connectivity index (χ4n) is 2.76. The maximum Gasteiger partial charge on any atom is 0.234 e. The molecule has 1 heterocycles. The number of H-pyrrole nitrogens is 1. The molecule has 0 saturated carbocycles. The molecule has 0 unspecified atom stereocenters. The number of carbonyl (C=O) groups excluding carboxylic acids is 1. The zero-order valence-electron chi connectivity index (χ0n) is 13.8. The van der Waals surface area contributed by atoms with E-state index in [2.05, 4.69) is 10.3 Å². The summed E-state index contributed by atoms with van der Waals surface area (Å²) >= 11 is 0. The Hall–Kier alpha value is -2.82. The molecule has 5 heteroatoms.